The van der Waals surface area contributed by atoms with Gasteiger partial charge in [-0.05, 0) is 42.0 Å². The number of hydrogen-bond acceptors (Lipinski definition) is 4. The first-order chi connectivity index (χ1) is 15.1. The standard InChI is InChI=1S/C24H25N3O4/c1-30-20-10-8-19(9-11-20)26-24(29)23(28)25-15-21(22-7-4-14-31-22)27-13-12-17-5-2-3-6-18(17)16-27/h2-11,14,21H,12-13,15-16H2,1H3,(H,25,28)(H,26,29)/p+1/t21-/m1/s1. The van der Waals surface area contributed by atoms with Crippen LogP contribution in [0.3, 0.4) is 0 Å². The summed E-state index contributed by atoms with van der Waals surface area (Å²) in [6.07, 6.45) is 2.60. The van der Waals surface area contributed by atoms with Crippen molar-refractivity contribution in [3.8, 4) is 5.75 Å². The molecule has 0 aliphatic carbocycles. The highest BCUT2D eigenvalue weighted by Crippen LogP contribution is 2.16. The summed E-state index contributed by atoms with van der Waals surface area (Å²) in [7, 11) is 1.57. The molecular weight excluding hydrogens is 394 g/mol. The van der Waals surface area contributed by atoms with Crippen molar-refractivity contribution in [2.24, 2.45) is 0 Å². The lowest BCUT2D eigenvalue weighted by Crippen LogP contribution is -3.12. The summed E-state index contributed by atoms with van der Waals surface area (Å²) in [5.74, 6) is 0.0894. The van der Waals surface area contributed by atoms with Crippen LogP contribution in [0.5, 0.6) is 5.75 Å². The minimum absolute atomic E-state index is 0.0823. The van der Waals surface area contributed by atoms with Crippen LogP contribution in [-0.2, 0) is 22.6 Å². The van der Waals surface area contributed by atoms with Gasteiger partial charge in [0.15, 0.2) is 11.8 Å². The number of ether oxygens (including phenoxy) is 1. The predicted molar refractivity (Wildman–Crippen MR) is 116 cm³/mol. The van der Waals surface area contributed by atoms with Gasteiger partial charge in [0.05, 0.1) is 26.5 Å². The van der Waals surface area contributed by atoms with E-state index in [4.69, 9.17) is 9.15 Å². The lowest BCUT2D eigenvalue weighted by atomic mass is 9.98. The van der Waals surface area contributed by atoms with Gasteiger partial charge in [0.1, 0.15) is 12.3 Å². The highest BCUT2D eigenvalue weighted by Gasteiger charge is 2.31. The molecule has 0 radical (unpaired) electrons. The summed E-state index contributed by atoms with van der Waals surface area (Å²) in [6.45, 7) is 2.08. The Bertz CT molecular complexity index is 1030. The molecule has 160 valence electrons. The first kappa shape index (κ1) is 20.7. The zero-order valence-electron chi connectivity index (χ0n) is 17.4. The molecule has 2 atom stereocenters. The molecule has 4 rings (SSSR count). The lowest BCUT2D eigenvalue weighted by Gasteiger charge is -2.31. The van der Waals surface area contributed by atoms with Crippen LogP contribution in [0.15, 0.2) is 71.3 Å². The number of benzene rings is 2. The molecule has 0 fully saturated rings. The molecular formula is C24H26N3O4+. The van der Waals surface area contributed by atoms with Gasteiger partial charge in [0.25, 0.3) is 0 Å². The number of amides is 2. The Labute approximate surface area is 181 Å². The molecule has 1 aliphatic rings. The van der Waals surface area contributed by atoms with E-state index in [1.54, 1.807) is 37.6 Å². The molecule has 2 amide bonds. The smallest absolute Gasteiger partial charge is 0.313 e. The van der Waals surface area contributed by atoms with Gasteiger partial charge in [-0.25, -0.2) is 0 Å². The largest absolute Gasteiger partial charge is 0.497 e. The number of hydrogen-bond donors (Lipinski definition) is 3. The van der Waals surface area contributed by atoms with Crippen molar-refractivity contribution in [3.05, 3.63) is 83.8 Å². The summed E-state index contributed by atoms with van der Waals surface area (Å²) >= 11 is 0. The summed E-state index contributed by atoms with van der Waals surface area (Å²) < 4.78 is 10.8. The van der Waals surface area contributed by atoms with Crippen LogP contribution in [0.4, 0.5) is 5.69 Å². The maximum Gasteiger partial charge on any atom is 0.313 e. The average molecular weight is 420 g/mol. The van der Waals surface area contributed by atoms with Crippen LogP contribution < -0.4 is 20.3 Å². The molecule has 0 bridgehead atoms. The van der Waals surface area contributed by atoms with Gasteiger partial charge in [0, 0.05) is 17.7 Å². The number of furan rings is 1. The normalized spacial score (nSPS) is 16.1. The van der Waals surface area contributed by atoms with E-state index in [2.05, 4.69) is 34.9 Å². The molecule has 1 aromatic heterocycles. The van der Waals surface area contributed by atoms with E-state index in [1.807, 2.05) is 12.1 Å². The Kier molecular flexibility index (Phi) is 6.33. The molecule has 1 aliphatic heterocycles. The fourth-order valence-electron chi connectivity index (χ4n) is 3.97. The minimum Gasteiger partial charge on any atom is -0.497 e. The first-order valence-electron chi connectivity index (χ1n) is 10.3. The molecule has 0 saturated heterocycles. The monoisotopic (exact) mass is 420 g/mol. The third-order valence-corrected chi connectivity index (χ3v) is 5.65. The number of methoxy groups -OCH3 is 1. The second kappa shape index (κ2) is 9.49. The molecule has 0 saturated carbocycles. The van der Waals surface area contributed by atoms with E-state index in [1.165, 1.54) is 16.0 Å². The van der Waals surface area contributed by atoms with Gasteiger partial charge < -0.3 is 24.7 Å². The minimum atomic E-state index is -0.706. The fraction of sp³-hybridized carbons (Fsp3) is 0.250. The van der Waals surface area contributed by atoms with Crippen molar-refractivity contribution in [2.75, 3.05) is 25.5 Å². The quantitative estimate of drug-likeness (QED) is 0.530. The maximum atomic E-state index is 12.4. The molecule has 7 nitrogen and oxygen atoms in total. The average Bonchev–Trinajstić information content (AvgIpc) is 3.34. The van der Waals surface area contributed by atoms with Gasteiger partial charge in [0.2, 0.25) is 0 Å². The van der Waals surface area contributed by atoms with Crippen molar-refractivity contribution in [1.29, 1.82) is 0 Å². The first-order valence-corrected chi connectivity index (χ1v) is 10.3. The lowest BCUT2D eigenvalue weighted by molar-refractivity contribution is -0.946. The Morgan fingerprint density at radius 2 is 1.81 bits per heavy atom. The van der Waals surface area contributed by atoms with E-state index in [0.29, 0.717) is 18.0 Å². The highest BCUT2D eigenvalue weighted by atomic mass is 16.5. The van der Waals surface area contributed by atoms with Crippen LogP contribution in [0.1, 0.15) is 22.9 Å². The number of carbonyl (C=O) groups is 2. The van der Waals surface area contributed by atoms with E-state index < -0.39 is 11.8 Å². The highest BCUT2D eigenvalue weighted by molar-refractivity contribution is 6.39. The van der Waals surface area contributed by atoms with Crippen LogP contribution in [0.25, 0.3) is 0 Å². The van der Waals surface area contributed by atoms with Crippen molar-refractivity contribution in [1.82, 2.24) is 5.32 Å². The molecule has 3 N–H and O–H groups in total. The van der Waals surface area contributed by atoms with Gasteiger partial charge in [-0.2, -0.15) is 0 Å². The fourth-order valence-corrected chi connectivity index (χ4v) is 3.97. The van der Waals surface area contributed by atoms with Gasteiger partial charge in [-0.3, -0.25) is 9.59 Å². The van der Waals surface area contributed by atoms with E-state index in [-0.39, 0.29) is 6.04 Å². The molecule has 2 heterocycles. The molecule has 0 spiro atoms. The van der Waals surface area contributed by atoms with Crippen molar-refractivity contribution >= 4 is 17.5 Å². The second-order valence-corrected chi connectivity index (χ2v) is 7.56. The summed E-state index contributed by atoms with van der Waals surface area (Å²) in [5, 5.41) is 5.39. The third kappa shape index (κ3) is 4.95. The van der Waals surface area contributed by atoms with Crippen LogP contribution in [-0.4, -0.2) is 32.0 Å². The maximum absolute atomic E-state index is 12.4. The molecule has 1 unspecified atom stereocenters. The zero-order chi connectivity index (χ0) is 21.6. The van der Waals surface area contributed by atoms with Crippen molar-refractivity contribution < 1.29 is 23.6 Å². The molecule has 2 aromatic carbocycles. The van der Waals surface area contributed by atoms with Gasteiger partial charge in [-0.1, -0.05) is 24.3 Å². The Morgan fingerprint density at radius 1 is 1.03 bits per heavy atom. The molecule has 3 aromatic rings. The summed E-state index contributed by atoms with van der Waals surface area (Å²) in [5.41, 5.74) is 3.21. The number of anilines is 1. The Hall–Kier alpha value is -3.58. The van der Waals surface area contributed by atoms with Crippen LogP contribution in [0, 0.1) is 0 Å². The van der Waals surface area contributed by atoms with E-state index >= 15 is 0 Å². The number of quaternary nitrogens is 1. The topological polar surface area (TPSA) is 85.0 Å². The number of rotatable bonds is 6. The second-order valence-electron chi connectivity index (χ2n) is 7.56. The SMILES string of the molecule is COc1ccc(NC(=O)C(=O)NC[C@H](c2ccco2)[NH+]2CCc3ccccc3C2)cc1. The van der Waals surface area contributed by atoms with Gasteiger partial charge >= 0.3 is 11.8 Å². The Balaban J connectivity index is 1.39. The third-order valence-electron chi connectivity index (χ3n) is 5.65. The molecule has 7 heteroatoms. The molecule has 31 heavy (non-hydrogen) atoms. The summed E-state index contributed by atoms with van der Waals surface area (Å²) in [6, 6.07) is 18.9. The Morgan fingerprint density at radius 3 is 2.52 bits per heavy atom. The zero-order valence-corrected chi connectivity index (χ0v) is 17.4. The number of fused-ring (bicyclic) bond motifs is 1. The number of nitrogens with one attached hydrogen (secondary N) is 3. The van der Waals surface area contributed by atoms with Crippen LogP contribution >= 0.6 is 0 Å². The number of carbonyl (C=O) groups excluding carboxylic acids is 2. The van der Waals surface area contributed by atoms with E-state index in [0.717, 1.165) is 25.3 Å². The van der Waals surface area contributed by atoms with Crippen molar-refractivity contribution in [2.45, 2.75) is 19.0 Å². The van der Waals surface area contributed by atoms with Crippen LogP contribution in [0.2, 0.25) is 0 Å². The van der Waals surface area contributed by atoms with Gasteiger partial charge in [-0.15, -0.1) is 0 Å². The predicted octanol–water partition coefficient (Wildman–Crippen LogP) is 1.73. The van der Waals surface area contributed by atoms with E-state index in [9.17, 15) is 9.59 Å². The van der Waals surface area contributed by atoms with Crippen molar-refractivity contribution in [3.63, 3.8) is 0 Å². The summed E-state index contributed by atoms with van der Waals surface area (Å²) in [4.78, 5) is 26.1.